The van der Waals surface area contributed by atoms with Crippen molar-refractivity contribution in [3.8, 4) is 5.75 Å². The number of nitrogens with one attached hydrogen (secondary N) is 2. The lowest BCUT2D eigenvalue weighted by atomic mass is 9.87. The van der Waals surface area contributed by atoms with E-state index in [0.29, 0.717) is 33.6 Å². The number of halogens is 1. The van der Waals surface area contributed by atoms with Crippen molar-refractivity contribution in [3.05, 3.63) is 70.0 Å². The van der Waals surface area contributed by atoms with Crippen molar-refractivity contribution >= 4 is 44.2 Å². The molecule has 1 aromatic heterocycles. The Morgan fingerprint density at radius 1 is 1.20 bits per heavy atom. The van der Waals surface area contributed by atoms with E-state index in [1.807, 2.05) is 24.3 Å². The third-order valence-electron chi connectivity index (χ3n) is 5.18. The van der Waals surface area contributed by atoms with Crippen molar-refractivity contribution in [1.82, 2.24) is 10.3 Å². The minimum atomic E-state index is -0.511. The van der Waals surface area contributed by atoms with Gasteiger partial charge in [0.2, 0.25) is 0 Å². The number of aromatic amines is 1. The van der Waals surface area contributed by atoms with Crippen molar-refractivity contribution in [2.75, 3.05) is 20.3 Å². The van der Waals surface area contributed by atoms with Gasteiger partial charge in [-0.15, -0.1) is 0 Å². The molecule has 30 heavy (non-hydrogen) atoms. The quantitative estimate of drug-likeness (QED) is 0.428. The Labute approximate surface area is 182 Å². The van der Waals surface area contributed by atoms with Crippen molar-refractivity contribution < 1.29 is 19.1 Å². The largest absolute Gasteiger partial charge is 0.497 e. The second-order valence-electron chi connectivity index (χ2n) is 6.91. The second-order valence-corrected chi connectivity index (χ2v) is 7.76. The van der Waals surface area contributed by atoms with Gasteiger partial charge in [0.05, 0.1) is 30.9 Å². The van der Waals surface area contributed by atoms with E-state index >= 15 is 0 Å². The number of carbonyl (C=O) groups is 2. The van der Waals surface area contributed by atoms with Gasteiger partial charge in [-0.05, 0) is 36.8 Å². The van der Waals surface area contributed by atoms with Crippen LogP contribution in [0.1, 0.15) is 34.5 Å². The summed E-state index contributed by atoms with van der Waals surface area (Å²) in [6.07, 6.45) is 1.63. The third-order valence-corrected chi connectivity index (χ3v) is 5.87. The molecule has 2 N–H and O–H groups in total. The fourth-order valence-electron chi connectivity index (χ4n) is 3.79. The van der Waals surface area contributed by atoms with Gasteiger partial charge in [0.25, 0.3) is 0 Å². The minimum Gasteiger partial charge on any atom is -0.497 e. The molecular formula is C23H21BrN2O4. The Morgan fingerprint density at radius 3 is 2.77 bits per heavy atom. The standard InChI is InChI=1S/C23H21BrN2O4/c1-3-30-23(28)17-12-25-11-16(20-14-6-4-5-7-19(14)26-21(17)20)22(27)15-10-13(29-2)8-9-18(15)24/h4-10,12,16,25-26H,3,11H2,1-2H3. The van der Waals surface area contributed by atoms with Crippen molar-refractivity contribution in [2.24, 2.45) is 0 Å². The van der Waals surface area contributed by atoms with Crippen LogP contribution in [-0.2, 0) is 9.53 Å². The lowest BCUT2D eigenvalue weighted by Crippen LogP contribution is -2.23. The lowest BCUT2D eigenvalue weighted by molar-refractivity contribution is -0.136. The van der Waals surface area contributed by atoms with Gasteiger partial charge in [-0.1, -0.05) is 34.1 Å². The van der Waals surface area contributed by atoms with E-state index < -0.39 is 11.9 Å². The molecule has 4 rings (SSSR count). The maximum Gasteiger partial charge on any atom is 0.341 e. The number of esters is 1. The Hall–Kier alpha value is -3.06. The summed E-state index contributed by atoms with van der Waals surface area (Å²) in [5.74, 6) is -0.415. The summed E-state index contributed by atoms with van der Waals surface area (Å²) < 4.78 is 11.2. The first-order valence-electron chi connectivity index (χ1n) is 9.64. The molecule has 1 aliphatic heterocycles. The number of benzene rings is 2. The van der Waals surface area contributed by atoms with Crippen LogP contribution in [0, 0.1) is 0 Å². The number of aromatic nitrogens is 1. The van der Waals surface area contributed by atoms with Crippen LogP contribution in [0.25, 0.3) is 16.5 Å². The van der Waals surface area contributed by atoms with Crippen LogP contribution >= 0.6 is 15.9 Å². The summed E-state index contributed by atoms with van der Waals surface area (Å²) in [4.78, 5) is 29.6. The van der Waals surface area contributed by atoms with Crippen LogP contribution < -0.4 is 10.1 Å². The molecule has 3 aromatic rings. The number of carbonyl (C=O) groups excluding carboxylic acids is 2. The van der Waals surface area contributed by atoms with E-state index in [-0.39, 0.29) is 12.4 Å². The Morgan fingerprint density at radius 2 is 2.00 bits per heavy atom. The lowest BCUT2D eigenvalue weighted by Gasteiger charge is -2.17. The van der Waals surface area contributed by atoms with Gasteiger partial charge >= 0.3 is 5.97 Å². The summed E-state index contributed by atoms with van der Waals surface area (Å²) in [5, 5.41) is 4.04. The first kappa shape index (κ1) is 20.2. The molecule has 0 aliphatic carbocycles. The predicted molar refractivity (Wildman–Crippen MR) is 119 cm³/mol. The fourth-order valence-corrected chi connectivity index (χ4v) is 4.23. The number of para-hydroxylation sites is 1. The molecule has 0 bridgehead atoms. The minimum absolute atomic E-state index is 0.0715. The fraction of sp³-hybridized carbons (Fsp3) is 0.217. The summed E-state index contributed by atoms with van der Waals surface area (Å²) in [6.45, 7) is 2.38. The maximum absolute atomic E-state index is 13.7. The van der Waals surface area contributed by atoms with Crippen LogP contribution in [-0.4, -0.2) is 37.0 Å². The highest BCUT2D eigenvalue weighted by molar-refractivity contribution is 9.10. The van der Waals surface area contributed by atoms with Gasteiger partial charge in [0.15, 0.2) is 5.78 Å². The number of hydrogen-bond donors (Lipinski definition) is 2. The third kappa shape index (κ3) is 3.50. The van der Waals surface area contributed by atoms with Crippen molar-refractivity contribution in [2.45, 2.75) is 12.8 Å². The zero-order chi connectivity index (χ0) is 21.3. The first-order valence-corrected chi connectivity index (χ1v) is 10.4. The molecule has 0 saturated carbocycles. The van der Waals surface area contributed by atoms with Gasteiger partial charge in [-0.2, -0.15) is 0 Å². The molecule has 0 amide bonds. The Balaban J connectivity index is 1.88. The van der Waals surface area contributed by atoms with Crippen LogP contribution in [0.15, 0.2) is 53.1 Å². The number of rotatable bonds is 5. The number of H-pyrrole nitrogens is 1. The SMILES string of the molecule is CCOC(=O)C1=CNCC(C(=O)c2cc(OC)ccc2Br)c2c1[nH]c1ccccc21. The van der Waals surface area contributed by atoms with Crippen molar-refractivity contribution in [3.63, 3.8) is 0 Å². The highest BCUT2D eigenvalue weighted by atomic mass is 79.9. The maximum atomic E-state index is 13.7. The normalized spacial score (nSPS) is 15.6. The highest BCUT2D eigenvalue weighted by Crippen LogP contribution is 2.38. The smallest absolute Gasteiger partial charge is 0.341 e. The zero-order valence-corrected chi connectivity index (χ0v) is 18.2. The van der Waals surface area contributed by atoms with Crippen LogP contribution in [0.2, 0.25) is 0 Å². The van der Waals surface area contributed by atoms with Gasteiger partial charge < -0.3 is 19.8 Å². The van der Waals surface area contributed by atoms with Gasteiger partial charge in [0, 0.05) is 33.7 Å². The van der Waals surface area contributed by atoms with Crippen molar-refractivity contribution in [1.29, 1.82) is 0 Å². The summed E-state index contributed by atoms with van der Waals surface area (Å²) >= 11 is 3.49. The molecule has 1 unspecified atom stereocenters. The molecule has 0 fully saturated rings. The van der Waals surface area contributed by atoms with Crippen LogP contribution in [0.3, 0.4) is 0 Å². The molecule has 154 valence electrons. The van der Waals surface area contributed by atoms with Gasteiger partial charge in [0.1, 0.15) is 5.75 Å². The predicted octanol–water partition coefficient (Wildman–Crippen LogP) is 4.41. The van der Waals surface area contributed by atoms with Crippen LogP contribution in [0.5, 0.6) is 5.75 Å². The Kier molecular flexibility index (Phi) is 5.63. The molecule has 6 nitrogen and oxygen atoms in total. The number of Topliss-reactive ketones (excluding diaryl/α,β-unsaturated/α-hetero) is 1. The average Bonchev–Trinajstić information content (AvgIpc) is 3.02. The molecule has 1 atom stereocenters. The van der Waals surface area contributed by atoms with E-state index in [4.69, 9.17) is 9.47 Å². The van der Waals surface area contributed by atoms with E-state index in [9.17, 15) is 9.59 Å². The number of methoxy groups -OCH3 is 1. The average molecular weight is 469 g/mol. The van der Waals surface area contributed by atoms with E-state index in [1.54, 1.807) is 38.4 Å². The molecule has 0 saturated heterocycles. The molecule has 1 aliphatic rings. The number of fused-ring (bicyclic) bond motifs is 3. The van der Waals surface area contributed by atoms with E-state index in [1.165, 1.54) is 0 Å². The molecule has 0 spiro atoms. The molecule has 2 aromatic carbocycles. The molecule has 2 heterocycles. The molecule has 0 radical (unpaired) electrons. The number of ketones is 1. The highest BCUT2D eigenvalue weighted by Gasteiger charge is 2.33. The van der Waals surface area contributed by atoms with E-state index in [0.717, 1.165) is 16.5 Å². The number of hydrogen-bond acceptors (Lipinski definition) is 5. The zero-order valence-electron chi connectivity index (χ0n) is 16.6. The summed E-state index contributed by atoms with van der Waals surface area (Å²) in [5.41, 5.74) is 3.16. The molecular weight excluding hydrogens is 448 g/mol. The first-order chi connectivity index (χ1) is 14.5. The van der Waals surface area contributed by atoms with Crippen LogP contribution in [0.4, 0.5) is 0 Å². The second kappa shape index (κ2) is 8.36. The van der Waals surface area contributed by atoms with Gasteiger partial charge in [-0.25, -0.2) is 4.79 Å². The van der Waals surface area contributed by atoms with E-state index in [2.05, 4.69) is 26.2 Å². The Bertz CT molecular complexity index is 1170. The van der Waals surface area contributed by atoms with Gasteiger partial charge in [-0.3, -0.25) is 4.79 Å². The monoisotopic (exact) mass is 468 g/mol. The molecule has 7 heteroatoms. The summed E-state index contributed by atoms with van der Waals surface area (Å²) in [6, 6.07) is 13.1. The topological polar surface area (TPSA) is 80.4 Å². The summed E-state index contributed by atoms with van der Waals surface area (Å²) in [7, 11) is 1.57. The number of ether oxygens (including phenoxy) is 2.